The first kappa shape index (κ1) is 13.7. The summed E-state index contributed by atoms with van der Waals surface area (Å²) in [6, 6.07) is 0. The first-order valence-electron chi connectivity index (χ1n) is 6.29. The molecule has 0 amide bonds. The van der Waals surface area contributed by atoms with Crippen molar-refractivity contribution in [1.29, 1.82) is 0 Å². The van der Waals surface area contributed by atoms with Crippen molar-refractivity contribution >= 4 is 15.9 Å². The third-order valence-corrected chi connectivity index (χ3v) is 4.19. The monoisotopic (exact) mass is 308 g/mol. The Kier molecular flexibility index (Phi) is 5.69. The van der Waals surface area contributed by atoms with Gasteiger partial charge in [-0.25, -0.2) is 0 Å². The molecule has 5 heteroatoms. The van der Waals surface area contributed by atoms with Gasteiger partial charge in [0.2, 0.25) is 0 Å². The van der Waals surface area contributed by atoms with Gasteiger partial charge >= 0.3 is 0 Å². The van der Waals surface area contributed by atoms with E-state index >= 15 is 0 Å². The molecule has 1 saturated heterocycles. The minimum Gasteiger partial charge on any atom is -0.382 e. The summed E-state index contributed by atoms with van der Waals surface area (Å²) in [7, 11) is 1.68. The molecule has 1 heterocycles. The number of hydrogen-bond donors (Lipinski definition) is 0. The van der Waals surface area contributed by atoms with Crippen LogP contribution >= 0.6 is 15.9 Å². The maximum atomic E-state index is 5.85. The zero-order valence-electron chi connectivity index (χ0n) is 10.3. The SMILES string of the molecule is COCCOC1C(Br)CC1OCC1CCCO1. The van der Waals surface area contributed by atoms with Crippen molar-refractivity contribution in [2.24, 2.45) is 0 Å². The summed E-state index contributed by atoms with van der Waals surface area (Å²) in [6.45, 7) is 2.85. The van der Waals surface area contributed by atoms with Gasteiger partial charge in [0.15, 0.2) is 0 Å². The largest absolute Gasteiger partial charge is 0.382 e. The molecule has 4 unspecified atom stereocenters. The van der Waals surface area contributed by atoms with Crippen LogP contribution in [0, 0.1) is 0 Å². The van der Waals surface area contributed by atoms with Crippen LogP contribution in [0.2, 0.25) is 0 Å². The molecule has 0 aromatic heterocycles. The van der Waals surface area contributed by atoms with Crippen molar-refractivity contribution in [3.05, 3.63) is 0 Å². The number of rotatable bonds is 7. The first-order chi connectivity index (χ1) is 8.31. The molecule has 4 atom stereocenters. The van der Waals surface area contributed by atoms with Crippen LogP contribution < -0.4 is 0 Å². The molecule has 4 nitrogen and oxygen atoms in total. The summed E-state index contributed by atoms with van der Waals surface area (Å²) in [5.74, 6) is 0. The van der Waals surface area contributed by atoms with Crippen LogP contribution in [0.15, 0.2) is 0 Å². The maximum Gasteiger partial charge on any atom is 0.0963 e. The molecule has 1 aliphatic heterocycles. The van der Waals surface area contributed by atoms with E-state index in [1.165, 1.54) is 0 Å². The summed E-state index contributed by atoms with van der Waals surface area (Å²) in [5, 5.41) is 0. The van der Waals surface area contributed by atoms with Gasteiger partial charge < -0.3 is 18.9 Å². The standard InChI is InChI=1S/C12H21BrO4/c1-14-5-6-16-12-10(13)7-11(12)17-8-9-3-2-4-15-9/h9-12H,2-8H2,1H3. The normalized spacial score (nSPS) is 37.1. The predicted molar refractivity (Wildman–Crippen MR) is 67.7 cm³/mol. The van der Waals surface area contributed by atoms with Gasteiger partial charge in [-0.05, 0) is 19.3 Å². The van der Waals surface area contributed by atoms with Crippen molar-refractivity contribution in [2.45, 2.75) is 42.4 Å². The van der Waals surface area contributed by atoms with Gasteiger partial charge in [-0.3, -0.25) is 0 Å². The summed E-state index contributed by atoms with van der Waals surface area (Å²) in [6.07, 6.45) is 3.97. The van der Waals surface area contributed by atoms with Gasteiger partial charge in [0.25, 0.3) is 0 Å². The van der Waals surface area contributed by atoms with E-state index in [4.69, 9.17) is 18.9 Å². The van der Waals surface area contributed by atoms with Crippen LogP contribution in [-0.4, -0.2) is 56.7 Å². The van der Waals surface area contributed by atoms with E-state index in [1.807, 2.05) is 0 Å². The molecule has 2 rings (SSSR count). The fourth-order valence-electron chi connectivity index (χ4n) is 2.18. The molecule has 100 valence electrons. The highest BCUT2D eigenvalue weighted by atomic mass is 79.9. The lowest BCUT2D eigenvalue weighted by Gasteiger charge is -2.41. The van der Waals surface area contributed by atoms with Gasteiger partial charge in [0, 0.05) is 18.5 Å². The average Bonchev–Trinajstić information content (AvgIpc) is 2.83. The highest BCUT2D eigenvalue weighted by Gasteiger charge is 2.41. The average molecular weight is 309 g/mol. The molecule has 17 heavy (non-hydrogen) atoms. The van der Waals surface area contributed by atoms with E-state index in [9.17, 15) is 0 Å². The highest BCUT2D eigenvalue weighted by molar-refractivity contribution is 9.09. The van der Waals surface area contributed by atoms with Gasteiger partial charge in [-0.2, -0.15) is 0 Å². The minimum absolute atomic E-state index is 0.159. The molecule has 2 fully saturated rings. The van der Waals surface area contributed by atoms with Crippen molar-refractivity contribution in [1.82, 2.24) is 0 Å². The Hall–Kier alpha value is 0.320. The summed E-state index contributed by atoms with van der Waals surface area (Å²) in [5.41, 5.74) is 0. The van der Waals surface area contributed by atoms with E-state index in [-0.39, 0.29) is 12.2 Å². The molecular weight excluding hydrogens is 288 g/mol. The van der Waals surface area contributed by atoms with E-state index in [1.54, 1.807) is 7.11 Å². The lowest BCUT2D eigenvalue weighted by Crippen LogP contribution is -2.51. The van der Waals surface area contributed by atoms with E-state index in [0.717, 1.165) is 25.9 Å². The molecule has 0 N–H and O–H groups in total. The number of hydrogen-bond acceptors (Lipinski definition) is 4. The summed E-state index contributed by atoms with van der Waals surface area (Å²) >= 11 is 3.60. The second-order valence-electron chi connectivity index (χ2n) is 4.59. The molecule has 0 aromatic rings. The number of alkyl halides is 1. The molecular formula is C12H21BrO4. The zero-order chi connectivity index (χ0) is 12.1. The van der Waals surface area contributed by atoms with Crippen LogP contribution in [0.25, 0.3) is 0 Å². The Labute approximate surface area is 111 Å². The predicted octanol–water partition coefficient (Wildman–Crippen LogP) is 1.75. The second kappa shape index (κ2) is 7.04. The maximum absolute atomic E-state index is 5.85. The highest BCUT2D eigenvalue weighted by Crippen LogP contribution is 2.33. The molecule has 0 radical (unpaired) electrons. The lowest BCUT2D eigenvalue weighted by molar-refractivity contribution is -0.140. The number of ether oxygens (including phenoxy) is 4. The van der Waals surface area contributed by atoms with E-state index < -0.39 is 0 Å². The second-order valence-corrected chi connectivity index (χ2v) is 5.76. The smallest absolute Gasteiger partial charge is 0.0963 e. The molecule has 2 aliphatic rings. The van der Waals surface area contributed by atoms with Crippen LogP contribution in [0.5, 0.6) is 0 Å². The Bertz CT molecular complexity index is 221. The van der Waals surface area contributed by atoms with Crippen LogP contribution in [0.4, 0.5) is 0 Å². The molecule has 0 aromatic carbocycles. The topological polar surface area (TPSA) is 36.9 Å². The molecule has 0 bridgehead atoms. The third kappa shape index (κ3) is 3.89. The quantitative estimate of drug-likeness (QED) is 0.530. The zero-order valence-corrected chi connectivity index (χ0v) is 11.9. The molecule has 1 aliphatic carbocycles. The summed E-state index contributed by atoms with van der Waals surface area (Å²) < 4.78 is 22.1. The van der Waals surface area contributed by atoms with Crippen LogP contribution in [-0.2, 0) is 18.9 Å². The van der Waals surface area contributed by atoms with Crippen molar-refractivity contribution < 1.29 is 18.9 Å². The van der Waals surface area contributed by atoms with Crippen molar-refractivity contribution in [3.63, 3.8) is 0 Å². The Balaban J connectivity index is 1.62. The van der Waals surface area contributed by atoms with Crippen LogP contribution in [0.1, 0.15) is 19.3 Å². The van der Waals surface area contributed by atoms with Crippen molar-refractivity contribution in [2.75, 3.05) is 33.5 Å². The third-order valence-electron chi connectivity index (χ3n) is 3.30. The van der Waals surface area contributed by atoms with Gasteiger partial charge in [0.1, 0.15) is 0 Å². The lowest BCUT2D eigenvalue weighted by atomic mass is 9.91. The van der Waals surface area contributed by atoms with Crippen molar-refractivity contribution in [3.8, 4) is 0 Å². The van der Waals surface area contributed by atoms with E-state index in [0.29, 0.717) is 30.8 Å². The summed E-state index contributed by atoms with van der Waals surface area (Å²) in [4.78, 5) is 0.411. The fourth-order valence-corrected chi connectivity index (χ4v) is 3.04. The van der Waals surface area contributed by atoms with Gasteiger partial charge in [-0.15, -0.1) is 0 Å². The number of methoxy groups -OCH3 is 1. The number of halogens is 1. The minimum atomic E-state index is 0.159. The Morgan fingerprint density at radius 1 is 1.29 bits per heavy atom. The Morgan fingerprint density at radius 2 is 2.18 bits per heavy atom. The molecule has 0 spiro atoms. The van der Waals surface area contributed by atoms with Crippen LogP contribution in [0.3, 0.4) is 0 Å². The van der Waals surface area contributed by atoms with E-state index in [2.05, 4.69) is 15.9 Å². The fraction of sp³-hybridized carbons (Fsp3) is 1.00. The Morgan fingerprint density at radius 3 is 2.82 bits per heavy atom. The molecule has 1 saturated carbocycles. The van der Waals surface area contributed by atoms with Gasteiger partial charge in [0.05, 0.1) is 38.1 Å². The van der Waals surface area contributed by atoms with Gasteiger partial charge in [-0.1, -0.05) is 15.9 Å². The first-order valence-corrected chi connectivity index (χ1v) is 7.20.